The van der Waals surface area contributed by atoms with E-state index in [2.05, 4.69) is 11.8 Å². The van der Waals surface area contributed by atoms with Crippen molar-refractivity contribution in [3.63, 3.8) is 0 Å². The van der Waals surface area contributed by atoms with E-state index in [0.717, 1.165) is 12.0 Å². The summed E-state index contributed by atoms with van der Waals surface area (Å²) in [6.07, 6.45) is 8.15. The zero-order valence-corrected chi connectivity index (χ0v) is 9.41. The summed E-state index contributed by atoms with van der Waals surface area (Å²) in [5, 5.41) is 0. The predicted molar refractivity (Wildman–Crippen MR) is 60.2 cm³/mol. The molecule has 0 aromatic heterocycles. The Morgan fingerprint density at radius 2 is 1.86 bits per heavy atom. The molecule has 2 heteroatoms. The predicted octanol–water partition coefficient (Wildman–Crippen LogP) is 1.99. The molecule has 2 rings (SSSR count). The quantitative estimate of drug-likeness (QED) is 0.732. The van der Waals surface area contributed by atoms with Crippen molar-refractivity contribution in [1.29, 1.82) is 0 Å². The van der Waals surface area contributed by atoms with Crippen molar-refractivity contribution in [1.82, 2.24) is 4.90 Å². The summed E-state index contributed by atoms with van der Waals surface area (Å²) in [5.41, 5.74) is 5.94. The van der Waals surface area contributed by atoms with E-state index in [1.165, 1.54) is 51.6 Å². The van der Waals surface area contributed by atoms with Gasteiger partial charge in [-0.1, -0.05) is 19.8 Å². The Hall–Kier alpha value is -0.0800. The van der Waals surface area contributed by atoms with Crippen LogP contribution >= 0.6 is 0 Å². The second-order valence-electron chi connectivity index (χ2n) is 5.04. The van der Waals surface area contributed by atoms with Crippen molar-refractivity contribution in [2.24, 2.45) is 11.7 Å². The summed E-state index contributed by atoms with van der Waals surface area (Å²) in [4.78, 5) is 2.71. The molecule has 1 heterocycles. The Balaban J connectivity index is 1.88. The lowest BCUT2D eigenvalue weighted by atomic mass is 9.96. The fraction of sp³-hybridized carbons (Fsp3) is 1.00. The Morgan fingerprint density at radius 3 is 2.50 bits per heavy atom. The highest BCUT2D eigenvalue weighted by atomic mass is 15.2. The van der Waals surface area contributed by atoms with Gasteiger partial charge in [0.2, 0.25) is 0 Å². The Bertz CT molecular complexity index is 173. The summed E-state index contributed by atoms with van der Waals surface area (Å²) in [6.45, 7) is 4.85. The topological polar surface area (TPSA) is 29.3 Å². The molecule has 2 N–H and O–H groups in total. The summed E-state index contributed by atoms with van der Waals surface area (Å²) in [7, 11) is 0. The maximum absolute atomic E-state index is 5.94. The number of nitrogens with two attached hydrogens (primary N) is 1. The first-order valence-corrected chi connectivity index (χ1v) is 6.31. The molecule has 0 aromatic rings. The fourth-order valence-corrected chi connectivity index (χ4v) is 3.23. The Kier molecular flexibility index (Phi) is 3.45. The molecule has 2 fully saturated rings. The van der Waals surface area contributed by atoms with Gasteiger partial charge in [0.15, 0.2) is 0 Å². The van der Waals surface area contributed by atoms with Crippen LogP contribution < -0.4 is 5.73 Å². The van der Waals surface area contributed by atoms with Gasteiger partial charge in [0, 0.05) is 12.1 Å². The largest absolute Gasteiger partial charge is 0.328 e. The lowest BCUT2D eigenvalue weighted by Crippen LogP contribution is -2.46. The normalized spacial score (nSPS) is 36.4. The highest BCUT2D eigenvalue weighted by Crippen LogP contribution is 2.33. The van der Waals surface area contributed by atoms with Crippen LogP contribution in [0.25, 0.3) is 0 Å². The van der Waals surface area contributed by atoms with Crippen LogP contribution in [0.2, 0.25) is 0 Å². The Labute approximate surface area is 87.8 Å². The van der Waals surface area contributed by atoms with E-state index >= 15 is 0 Å². The van der Waals surface area contributed by atoms with Crippen LogP contribution in [-0.2, 0) is 0 Å². The third-order valence-electron chi connectivity index (χ3n) is 4.19. The minimum absolute atomic E-state index is 0.479. The van der Waals surface area contributed by atoms with Gasteiger partial charge in [-0.15, -0.1) is 0 Å². The van der Waals surface area contributed by atoms with Crippen LogP contribution in [0, 0.1) is 5.92 Å². The van der Waals surface area contributed by atoms with Gasteiger partial charge in [-0.25, -0.2) is 0 Å². The molecule has 1 saturated carbocycles. The maximum atomic E-state index is 5.94. The van der Waals surface area contributed by atoms with Crippen LogP contribution in [-0.4, -0.2) is 30.1 Å². The second-order valence-corrected chi connectivity index (χ2v) is 5.04. The molecule has 1 saturated heterocycles. The van der Waals surface area contributed by atoms with E-state index < -0.39 is 0 Å². The first-order valence-electron chi connectivity index (χ1n) is 6.31. The molecule has 1 aliphatic heterocycles. The molecule has 2 nitrogen and oxygen atoms in total. The van der Waals surface area contributed by atoms with E-state index in [9.17, 15) is 0 Å². The first-order chi connectivity index (χ1) is 6.81. The summed E-state index contributed by atoms with van der Waals surface area (Å²) >= 11 is 0. The molecule has 14 heavy (non-hydrogen) atoms. The standard InChI is InChI=1S/C12H24N2/c1-2-10-4-3-5-12(10)14-8-6-11(13)7-9-14/h10-12H,2-9,13H2,1H3. The first kappa shape index (κ1) is 10.4. The van der Waals surface area contributed by atoms with Gasteiger partial charge >= 0.3 is 0 Å². The van der Waals surface area contributed by atoms with Gasteiger partial charge in [0.25, 0.3) is 0 Å². The number of rotatable bonds is 2. The minimum Gasteiger partial charge on any atom is -0.328 e. The van der Waals surface area contributed by atoms with Gasteiger partial charge in [-0.2, -0.15) is 0 Å². The highest BCUT2D eigenvalue weighted by Gasteiger charge is 2.32. The average Bonchev–Trinajstić information content (AvgIpc) is 2.67. The summed E-state index contributed by atoms with van der Waals surface area (Å²) < 4.78 is 0. The number of piperidine rings is 1. The number of hydrogen-bond acceptors (Lipinski definition) is 2. The van der Waals surface area contributed by atoms with Crippen molar-refractivity contribution in [3.8, 4) is 0 Å². The SMILES string of the molecule is CCC1CCCC1N1CCC(N)CC1. The number of nitrogens with zero attached hydrogens (tertiary/aromatic N) is 1. The van der Waals surface area contributed by atoms with Gasteiger partial charge in [-0.05, 0) is 44.7 Å². The maximum Gasteiger partial charge on any atom is 0.0123 e. The third kappa shape index (κ3) is 2.12. The van der Waals surface area contributed by atoms with E-state index in [0.29, 0.717) is 6.04 Å². The zero-order chi connectivity index (χ0) is 9.97. The van der Waals surface area contributed by atoms with Crippen LogP contribution in [0.15, 0.2) is 0 Å². The lowest BCUT2D eigenvalue weighted by molar-refractivity contribution is 0.123. The average molecular weight is 196 g/mol. The molecule has 82 valence electrons. The molecule has 0 radical (unpaired) electrons. The molecular formula is C12H24N2. The second kappa shape index (κ2) is 4.63. The molecular weight excluding hydrogens is 172 g/mol. The van der Waals surface area contributed by atoms with Crippen LogP contribution in [0.3, 0.4) is 0 Å². The molecule has 0 aromatic carbocycles. The van der Waals surface area contributed by atoms with Crippen LogP contribution in [0.1, 0.15) is 45.4 Å². The van der Waals surface area contributed by atoms with E-state index in [1.54, 1.807) is 0 Å². The third-order valence-corrected chi connectivity index (χ3v) is 4.19. The van der Waals surface area contributed by atoms with Crippen molar-refractivity contribution in [2.75, 3.05) is 13.1 Å². The molecule has 0 amide bonds. The van der Waals surface area contributed by atoms with Gasteiger partial charge < -0.3 is 5.73 Å². The minimum atomic E-state index is 0.479. The molecule has 2 atom stereocenters. The van der Waals surface area contributed by atoms with E-state index in [4.69, 9.17) is 5.73 Å². The van der Waals surface area contributed by atoms with E-state index in [-0.39, 0.29) is 0 Å². The van der Waals surface area contributed by atoms with E-state index in [1.807, 2.05) is 0 Å². The van der Waals surface area contributed by atoms with Crippen LogP contribution in [0.5, 0.6) is 0 Å². The monoisotopic (exact) mass is 196 g/mol. The fourth-order valence-electron chi connectivity index (χ4n) is 3.23. The van der Waals surface area contributed by atoms with Gasteiger partial charge in [0.1, 0.15) is 0 Å². The number of hydrogen-bond donors (Lipinski definition) is 1. The molecule has 0 spiro atoms. The smallest absolute Gasteiger partial charge is 0.0123 e. The summed E-state index contributed by atoms with van der Waals surface area (Å²) in [5.74, 6) is 0.976. The van der Waals surface area contributed by atoms with Crippen molar-refractivity contribution in [3.05, 3.63) is 0 Å². The number of likely N-dealkylation sites (tertiary alicyclic amines) is 1. The summed E-state index contributed by atoms with van der Waals surface area (Å²) in [6, 6.07) is 1.38. The molecule has 1 aliphatic carbocycles. The van der Waals surface area contributed by atoms with Gasteiger partial charge in [-0.3, -0.25) is 4.90 Å². The molecule has 2 unspecified atom stereocenters. The zero-order valence-electron chi connectivity index (χ0n) is 9.41. The van der Waals surface area contributed by atoms with Crippen molar-refractivity contribution in [2.45, 2.75) is 57.5 Å². The molecule has 0 bridgehead atoms. The molecule has 2 aliphatic rings. The Morgan fingerprint density at radius 1 is 1.14 bits per heavy atom. The van der Waals surface area contributed by atoms with Gasteiger partial charge in [0.05, 0.1) is 0 Å². The lowest BCUT2D eigenvalue weighted by Gasteiger charge is -2.37. The van der Waals surface area contributed by atoms with Crippen molar-refractivity contribution >= 4 is 0 Å². The van der Waals surface area contributed by atoms with Crippen LogP contribution in [0.4, 0.5) is 0 Å². The highest BCUT2D eigenvalue weighted by molar-refractivity contribution is 4.87. The van der Waals surface area contributed by atoms with Crippen molar-refractivity contribution < 1.29 is 0 Å².